The number of nitrogens with one attached hydrogen (secondary N) is 3. The summed E-state index contributed by atoms with van der Waals surface area (Å²) in [4.78, 5) is 57.3. The number of pyridine rings is 1. The molecule has 5 aromatic rings. The summed E-state index contributed by atoms with van der Waals surface area (Å²) >= 11 is 0. The first-order chi connectivity index (χ1) is 25.5. The van der Waals surface area contributed by atoms with E-state index in [9.17, 15) is 27.6 Å². The molecule has 0 radical (unpaired) electrons. The molecule has 2 aliphatic heterocycles. The number of nitrogens with zero attached hydrogens (tertiary/aromatic N) is 1. The molecule has 4 aromatic carbocycles. The Morgan fingerprint density at radius 2 is 1.68 bits per heavy atom. The number of hydrogen-bond acceptors (Lipinski definition) is 9. The third-order valence-corrected chi connectivity index (χ3v) is 11.9. The monoisotopic (exact) mass is 734 g/mol. The van der Waals surface area contributed by atoms with E-state index in [1.165, 1.54) is 23.1 Å². The third kappa shape index (κ3) is 8.10. The number of fused-ring (bicyclic) bond motifs is 10. The highest BCUT2D eigenvalue weighted by molar-refractivity contribution is 7.92. The van der Waals surface area contributed by atoms with E-state index in [2.05, 4.69) is 15.6 Å². The normalized spacial score (nSPS) is 17.9. The molecule has 8 rings (SSSR count). The Morgan fingerprint density at radius 1 is 0.925 bits per heavy atom. The highest BCUT2D eigenvalue weighted by atomic mass is 32.2. The molecule has 3 aliphatic rings. The summed E-state index contributed by atoms with van der Waals surface area (Å²) in [5.41, 5.74) is 2.95. The maximum atomic E-state index is 14.4. The first kappa shape index (κ1) is 35.5. The van der Waals surface area contributed by atoms with E-state index in [-0.39, 0.29) is 48.2 Å². The molecule has 53 heavy (non-hydrogen) atoms. The maximum Gasteiger partial charge on any atom is 0.411 e. The van der Waals surface area contributed by atoms with Gasteiger partial charge in [-0.25, -0.2) is 13.2 Å². The van der Waals surface area contributed by atoms with E-state index in [1.807, 2.05) is 30.3 Å². The molecular formula is C40H38N4O8S. The van der Waals surface area contributed by atoms with Crippen LogP contribution in [-0.4, -0.2) is 55.2 Å². The van der Waals surface area contributed by atoms with Crippen LogP contribution >= 0.6 is 0 Å². The van der Waals surface area contributed by atoms with Crippen molar-refractivity contribution in [2.45, 2.75) is 54.5 Å². The molecule has 1 aliphatic carbocycles. The quantitative estimate of drug-likeness (QED) is 0.161. The second-order valence-corrected chi connectivity index (χ2v) is 15.6. The summed E-state index contributed by atoms with van der Waals surface area (Å²) in [6, 6.07) is 26.9. The van der Waals surface area contributed by atoms with Gasteiger partial charge in [-0.2, -0.15) is 0 Å². The molecule has 3 N–H and O–H groups in total. The van der Waals surface area contributed by atoms with Gasteiger partial charge in [-0.1, -0.05) is 60.7 Å². The average Bonchev–Trinajstić information content (AvgIpc) is 4.02. The number of aromatic nitrogens is 1. The smallest absolute Gasteiger partial charge is 0.411 e. The number of carbonyl (C=O) groups is 3. The number of sulfone groups is 1. The molecule has 272 valence electrons. The van der Waals surface area contributed by atoms with Crippen molar-refractivity contribution in [3.8, 4) is 0 Å². The molecule has 13 heteroatoms. The number of aromatic amines is 1. The van der Waals surface area contributed by atoms with Crippen LogP contribution in [-0.2, 0) is 42.1 Å². The number of anilines is 2. The lowest BCUT2D eigenvalue weighted by Gasteiger charge is -2.27. The van der Waals surface area contributed by atoms with Crippen LogP contribution in [0, 0.1) is 0 Å². The van der Waals surface area contributed by atoms with Crippen molar-refractivity contribution in [2.24, 2.45) is 0 Å². The van der Waals surface area contributed by atoms with Crippen molar-refractivity contribution >= 4 is 50.0 Å². The summed E-state index contributed by atoms with van der Waals surface area (Å²) < 4.78 is 38.2. The first-order valence-corrected chi connectivity index (χ1v) is 18.8. The largest absolute Gasteiger partial charge is 0.461 e. The van der Waals surface area contributed by atoms with E-state index >= 15 is 0 Å². The van der Waals surface area contributed by atoms with Gasteiger partial charge in [0.2, 0.25) is 5.91 Å². The van der Waals surface area contributed by atoms with Gasteiger partial charge in [-0.15, -0.1) is 0 Å². The van der Waals surface area contributed by atoms with Gasteiger partial charge in [-0.05, 0) is 76.9 Å². The number of benzene rings is 4. The predicted octanol–water partition coefficient (Wildman–Crippen LogP) is 6.06. The lowest BCUT2D eigenvalue weighted by atomic mass is 9.94. The Balaban J connectivity index is 1.24. The Bertz CT molecular complexity index is 2340. The number of likely N-dealkylation sites (N-methyl/N-ethyl adjacent to an activating group) is 1. The summed E-state index contributed by atoms with van der Waals surface area (Å²) in [6.45, 7) is -0.155. The van der Waals surface area contributed by atoms with E-state index in [1.54, 1.807) is 61.8 Å². The van der Waals surface area contributed by atoms with Crippen LogP contribution in [0.2, 0.25) is 0 Å². The Hall–Kier alpha value is -5.95. The molecule has 2 amide bonds. The van der Waals surface area contributed by atoms with Crippen molar-refractivity contribution in [1.29, 1.82) is 0 Å². The van der Waals surface area contributed by atoms with Gasteiger partial charge in [0.05, 0.1) is 16.6 Å². The van der Waals surface area contributed by atoms with Gasteiger partial charge in [0, 0.05) is 42.5 Å². The van der Waals surface area contributed by atoms with Crippen LogP contribution in [0.15, 0.2) is 113 Å². The summed E-state index contributed by atoms with van der Waals surface area (Å²) in [6.07, 6.45) is 1.80. The van der Waals surface area contributed by atoms with Gasteiger partial charge in [0.1, 0.15) is 19.3 Å². The van der Waals surface area contributed by atoms with E-state index in [4.69, 9.17) is 9.47 Å². The first-order valence-electron chi connectivity index (χ1n) is 17.3. The van der Waals surface area contributed by atoms with Crippen molar-refractivity contribution in [1.82, 2.24) is 9.88 Å². The molecule has 0 saturated heterocycles. The van der Waals surface area contributed by atoms with E-state index < -0.39 is 39.1 Å². The summed E-state index contributed by atoms with van der Waals surface area (Å²) in [7, 11) is -2.09. The molecule has 1 fully saturated rings. The maximum absolute atomic E-state index is 14.4. The minimum absolute atomic E-state index is 0.0779. The van der Waals surface area contributed by atoms with Crippen molar-refractivity contribution in [3.63, 3.8) is 0 Å². The molecule has 4 bridgehead atoms. The number of hydrogen-bond donors (Lipinski definition) is 3. The van der Waals surface area contributed by atoms with E-state index in [0.717, 1.165) is 10.9 Å². The van der Waals surface area contributed by atoms with Crippen molar-refractivity contribution in [3.05, 3.63) is 136 Å². The molecule has 1 aromatic heterocycles. The number of amides is 2. The molecular weight excluding hydrogens is 697 g/mol. The third-order valence-electron chi connectivity index (χ3n) is 9.51. The van der Waals surface area contributed by atoms with Crippen LogP contribution in [0.1, 0.15) is 53.5 Å². The minimum Gasteiger partial charge on any atom is -0.461 e. The number of esters is 1. The Labute approximate surface area is 306 Å². The lowest BCUT2D eigenvalue weighted by Crippen LogP contribution is -2.35. The second-order valence-electron chi connectivity index (χ2n) is 13.4. The van der Waals surface area contributed by atoms with Crippen LogP contribution in [0.4, 0.5) is 16.2 Å². The molecule has 0 spiro atoms. The van der Waals surface area contributed by atoms with Gasteiger partial charge < -0.3 is 24.7 Å². The van der Waals surface area contributed by atoms with Crippen molar-refractivity contribution < 1.29 is 32.3 Å². The fraction of sp³-hybridized carbons (Fsp3) is 0.250. The van der Waals surface area contributed by atoms with Crippen molar-refractivity contribution in [2.75, 3.05) is 24.3 Å². The second kappa shape index (κ2) is 15.0. The molecule has 2 atom stereocenters. The lowest BCUT2D eigenvalue weighted by molar-refractivity contribution is -0.145. The SMILES string of the molecule is CN1Cc2cc(ccc2S(=O)(=O)C2CC2)NC(=O)OC[C@H](CC(=O)OCc2ccccc2)c2ccc(cc2)[C@@H](Nc2ccc3cc[nH]c(=O)c3c2)C1=O. The Kier molecular flexibility index (Phi) is 10.0. The van der Waals surface area contributed by atoms with E-state index in [0.29, 0.717) is 40.6 Å². The molecule has 12 nitrogen and oxygen atoms in total. The van der Waals surface area contributed by atoms with Crippen LogP contribution < -0.4 is 16.2 Å². The number of H-pyrrole nitrogens is 1. The van der Waals surface area contributed by atoms with Gasteiger partial charge in [0.15, 0.2) is 9.84 Å². The number of ether oxygens (including phenoxy) is 2. The Morgan fingerprint density at radius 3 is 2.43 bits per heavy atom. The zero-order valence-corrected chi connectivity index (χ0v) is 29.7. The topological polar surface area (TPSA) is 164 Å². The number of rotatable bonds is 8. The number of carbonyl (C=O) groups excluding carboxylic acids is 3. The highest BCUT2D eigenvalue weighted by Crippen LogP contribution is 2.36. The zero-order chi connectivity index (χ0) is 37.1. The molecule has 0 unspecified atom stereocenters. The average molecular weight is 735 g/mol. The van der Waals surface area contributed by atoms with Gasteiger partial charge in [-0.3, -0.25) is 19.7 Å². The predicted molar refractivity (Wildman–Crippen MR) is 199 cm³/mol. The standard InChI is InChI=1S/C40H38N4O8S/c1-44-22-29-19-31(13-16-35(29)53(49,50)33-14-15-33)43-40(48)52-24-30(20-36(45)51-23-25-5-3-2-4-6-25)26-7-9-28(10-8-26)37(39(44)47)42-32-12-11-27-17-18-41-38(46)34(27)21-32/h2-13,16-19,21,30,33,37,42H,14-15,20,22-24H2,1H3,(H,41,46)(H,43,48)/t30-,37+/m0/s1. The fourth-order valence-corrected chi connectivity index (χ4v) is 8.32. The molecule has 1 saturated carbocycles. The van der Waals surface area contributed by atoms with Crippen LogP contribution in [0.3, 0.4) is 0 Å². The highest BCUT2D eigenvalue weighted by Gasteiger charge is 2.38. The van der Waals surface area contributed by atoms with Crippen LogP contribution in [0.5, 0.6) is 0 Å². The van der Waals surface area contributed by atoms with Gasteiger partial charge in [0.25, 0.3) is 5.56 Å². The van der Waals surface area contributed by atoms with Gasteiger partial charge >= 0.3 is 12.1 Å². The molecule has 3 heterocycles. The minimum atomic E-state index is -3.68. The fourth-order valence-electron chi connectivity index (χ4n) is 6.46. The summed E-state index contributed by atoms with van der Waals surface area (Å²) in [5.74, 6) is -1.45. The zero-order valence-electron chi connectivity index (χ0n) is 28.9. The van der Waals surface area contributed by atoms with Crippen LogP contribution in [0.25, 0.3) is 10.8 Å². The summed E-state index contributed by atoms with van der Waals surface area (Å²) in [5, 5.41) is 6.65.